The topological polar surface area (TPSA) is 69.8 Å². The highest BCUT2D eigenvalue weighted by molar-refractivity contribution is 6.04. The first-order valence-corrected chi connectivity index (χ1v) is 7.64. The zero-order chi connectivity index (χ0) is 18.0. The maximum absolute atomic E-state index is 11.9. The molecule has 1 N–H and O–H groups in total. The number of para-hydroxylation sites is 1. The van der Waals surface area contributed by atoms with Crippen molar-refractivity contribution in [3.05, 3.63) is 42.1 Å². The first-order valence-electron chi connectivity index (χ1n) is 7.64. The lowest BCUT2D eigenvalue weighted by Gasteiger charge is -2.16. The molecule has 6 heteroatoms. The van der Waals surface area contributed by atoms with Crippen LogP contribution in [-0.4, -0.2) is 39.4 Å². The Labute approximate surface area is 145 Å². The number of aromatic amines is 1. The van der Waals surface area contributed by atoms with E-state index in [0.717, 1.165) is 22.0 Å². The van der Waals surface area contributed by atoms with Crippen LogP contribution in [-0.2, 0) is 4.74 Å². The van der Waals surface area contributed by atoms with Crippen molar-refractivity contribution in [3.63, 3.8) is 0 Å². The SMILES string of the molecule is COC(=O)c1cc2c(-c3cccc(OC)c3OC)c(OC)ccc2[nH]1. The van der Waals surface area contributed by atoms with Crippen molar-refractivity contribution in [1.82, 2.24) is 4.98 Å². The number of H-pyrrole nitrogens is 1. The average molecular weight is 341 g/mol. The van der Waals surface area contributed by atoms with Gasteiger partial charge in [0.2, 0.25) is 0 Å². The summed E-state index contributed by atoms with van der Waals surface area (Å²) in [6, 6.07) is 11.1. The van der Waals surface area contributed by atoms with Crippen LogP contribution in [0.1, 0.15) is 10.5 Å². The van der Waals surface area contributed by atoms with E-state index in [4.69, 9.17) is 18.9 Å². The van der Waals surface area contributed by atoms with Crippen LogP contribution < -0.4 is 14.2 Å². The van der Waals surface area contributed by atoms with E-state index in [1.807, 2.05) is 30.3 Å². The molecule has 0 radical (unpaired) electrons. The largest absolute Gasteiger partial charge is 0.496 e. The number of ether oxygens (including phenoxy) is 4. The van der Waals surface area contributed by atoms with Crippen molar-refractivity contribution in [1.29, 1.82) is 0 Å². The number of nitrogens with one attached hydrogen (secondary N) is 1. The molecule has 0 saturated carbocycles. The van der Waals surface area contributed by atoms with E-state index in [1.165, 1.54) is 7.11 Å². The zero-order valence-electron chi connectivity index (χ0n) is 14.5. The van der Waals surface area contributed by atoms with E-state index in [-0.39, 0.29) is 0 Å². The molecule has 0 aliphatic rings. The summed E-state index contributed by atoms with van der Waals surface area (Å²) in [4.78, 5) is 15.0. The number of carbonyl (C=O) groups excluding carboxylic acids is 1. The van der Waals surface area contributed by atoms with Crippen LogP contribution in [0.2, 0.25) is 0 Å². The second-order valence-corrected chi connectivity index (χ2v) is 5.32. The molecule has 25 heavy (non-hydrogen) atoms. The van der Waals surface area contributed by atoms with Crippen molar-refractivity contribution in [2.24, 2.45) is 0 Å². The molecule has 0 atom stereocenters. The van der Waals surface area contributed by atoms with Gasteiger partial charge in [0.15, 0.2) is 11.5 Å². The number of hydrogen-bond acceptors (Lipinski definition) is 5. The summed E-state index contributed by atoms with van der Waals surface area (Å²) in [5, 5.41) is 0.825. The second-order valence-electron chi connectivity index (χ2n) is 5.32. The maximum atomic E-state index is 11.9. The van der Waals surface area contributed by atoms with Gasteiger partial charge in [-0.15, -0.1) is 0 Å². The Morgan fingerprint density at radius 1 is 0.920 bits per heavy atom. The van der Waals surface area contributed by atoms with Gasteiger partial charge in [0.1, 0.15) is 11.4 Å². The highest BCUT2D eigenvalue weighted by Gasteiger charge is 2.20. The number of esters is 1. The minimum absolute atomic E-state index is 0.369. The van der Waals surface area contributed by atoms with Crippen molar-refractivity contribution in [2.45, 2.75) is 0 Å². The molecule has 6 nitrogen and oxygen atoms in total. The fraction of sp³-hybridized carbons (Fsp3) is 0.211. The van der Waals surface area contributed by atoms with Crippen LogP contribution in [0.5, 0.6) is 17.2 Å². The standard InChI is InChI=1S/C19H19NO5/c1-22-15-9-8-13-12(10-14(20-13)19(21)25-4)17(15)11-6-5-7-16(23-2)18(11)24-3/h5-10,20H,1-4H3. The predicted molar refractivity (Wildman–Crippen MR) is 94.7 cm³/mol. The molecule has 130 valence electrons. The maximum Gasteiger partial charge on any atom is 0.354 e. The van der Waals surface area contributed by atoms with Gasteiger partial charge < -0.3 is 23.9 Å². The van der Waals surface area contributed by atoms with Crippen LogP contribution in [0.4, 0.5) is 0 Å². The first-order chi connectivity index (χ1) is 12.1. The van der Waals surface area contributed by atoms with Crippen molar-refractivity contribution in [2.75, 3.05) is 28.4 Å². The summed E-state index contributed by atoms with van der Waals surface area (Å²) in [6.45, 7) is 0. The number of carbonyl (C=O) groups is 1. The molecule has 2 aromatic carbocycles. The zero-order valence-corrected chi connectivity index (χ0v) is 14.5. The normalized spacial score (nSPS) is 10.6. The fourth-order valence-electron chi connectivity index (χ4n) is 2.94. The van der Waals surface area contributed by atoms with Gasteiger partial charge in [0.05, 0.1) is 28.4 Å². The molecule has 0 fully saturated rings. The number of benzene rings is 2. The number of rotatable bonds is 5. The van der Waals surface area contributed by atoms with Crippen molar-refractivity contribution in [3.8, 4) is 28.4 Å². The molecule has 1 heterocycles. The Morgan fingerprint density at radius 2 is 1.68 bits per heavy atom. The van der Waals surface area contributed by atoms with Gasteiger partial charge >= 0.3 is 5.97 Å². The summed E-state index contributed by atoms with van der Waals surface area (Å²) in [5.41, 5.74) is 2.77. The third-order valence-corrected chi connectivity index (χ3v) is 4.06. The Bertz CT molecular complexity index is 929. The third-order valence-electron chi connectivity index (χ3n) is 4.06. The van der Waals surface area contributed by atoms with E-state index in [1.54, 1.807) is 27.4 Å². The van der Waals surface area contributed by atoms with Crippen LogP contribution in [0.15, 0.2) is 36.4 Å². The molecular weight excluding hydrogens is 322 g/mol. The van der Waals surface area contributed by atoms with Crippen molar-refractivity contribution >= 4 is 16.9 Å². The molecule has 3 rings (SSSR count). The van der Waals surface area contributed by atoms with E-state index in [0.29, 0.717) is 22.9 Å². The van der Waals surface area contributed by atoms with E-state index in [2.05, 4.69) is 4.98 Å². The van der Waals surface area contributed by atoms with E-state index in [9.17, 15) is 4.79 Å². The highest BCUT2D eigenvalue weighted by atomic mass is 16.5. The molecule has 0 spiro atoms. The van der Waals surface area contributed by atoms with Crippen LogP contribution in [0, 0.1) is 0 Å². The summed E-state index contributed by atoms with van der Waals surface area (Å²) in [6.07, 6.45) is 0. The smallest absolute Gasteiger partial charge is 0.354 e. The van der Waals surface area contributed by atoms with Gasteiger partial charge in [0.25, 0.3) is 0 Å². The monoisotopic (exact) mass is 341 g/mol. The third kappa shape index (κ3) is 2.76. The molecular formula is C19H19NO5. The molecule has 0 unspecified atom stereocenters. The lowest BCUT2D eigenvalue weighted by molar-refractivity contribution is 0.0595. The number of aromatic nitrogens is 1. The van der Waals surface area contributed by atoms with E-state index >= 15 is 0 Å². The predicted octanol–water partition coefficient (Wildman–Crippen LogP) is 3.65. The van der Waals surface area contributed by atoms with Gasteiger partial charge in [-0.3, -0.25) is 0 Å². The summed E-state index contributed by atoms with van der Waals surface area (Å²) < 4.78 is 21.3. The number of methoxy groups -OCH3 is 4. The van der Waals surface area contributed by atoms with Crippen LogP contribution in [0.25, 0.3) is 22.0 Å². The lowest BCUT2D eigenvalue weighted by Crippen LogP contribution is -2.00. The first kappa shape index (κ1) is 16.7. The van der Waals surface area contributed by atoms with Gasteiger partial charge in [0, 0.05) is 22.0 Å². The van der Waals surface area contributed by atoms with Crippen molar-refractivity contribution < 1.29 is 23.7 Å². The summed E-state index contributed by atoms with van der Waals surface area (Å²) in [5.74, 6) is 1.44. The Kier molecular flexibility index (Phi) is 4.52. The van der Waals surface area contributed by atoms with Crippen LogP contribution >= 0.6 is 0 Å². The van der Waals surface area contributed by atoms with E-state index < -0.39 is 5.97 Å². The Balaban J connectivity index is 2.34. The average Bonchev–Trinajstić information content (AvgIpc) is 3.09. The Hall–Kier alpha value is -3.15. The van der Waals surface area contributed by atoms with Crippen LogP contribution in [0.3, 0.4) is 0 Å². The number of hydrogen-bond donors (Lipinski definition) is 1. The second kappa shape index (κ2) is 6.76. The lowest BCUT2D eigenvalue weighted by atomic mass is 9.99. The molecule has 0 amide bonds. The van der Waals surface area contributed by atoms with Gasteiger partial charge in [-0.05, 0) is 24.3 Å². The van der Waals surface area contributed by atoms with Gasteiger partial charge in [-0.25, -0.2) is 4.79 Å². The fourth-order valence-corrected chi connectivity index (χ4v) is 2.94. The molecule has 0 saturated heterocycles. The summed E-state index contributed by atoms with van der Waals surface area (Å²) >= 11 is 0. The minimum atomic E-state index is -0.432. The molecule has 0 bridgehead atoms. The quantitative estimate of drug-likeness (QED) is 0.718. The minimum Gasteiger partial charge on any atom is -0.496 e. The molecule has 0 aliphatic carbocycles. The van der Waals surface area contributed by atoms with Gasteiger partial charge in [-0.2, -0.15) is 0 Å². The van der Waals surface area contributed by atoms with Gasteiger partial charge in [-0.1, -0.05) is 12.1 Å². The summed E-state index contributed by atoms with van der Waals surface area (Å²) in [7, 11) is 6.13. The molecule has 3 aromatic rings. The molecule has 1 aromatic heterocycles. The molecule has 0 aliphatic heterocycles. The number of fused-ring (bicyclic) bond motifs is 1. The Morgan fingerprint density at radius 3 is 2.32 bits per heavy atom. The highest BCUT2D eigenvalue weighted by Crippen LogP contribution is 2.45.